The van der Waals surface area contributed by atoms with Gasteiger partial charge < -0.3 is 26.8 Å². The summed E-state index contributed by atoms with van der Waals surface area (Å²) in [6, 6.07) is 22.5. The summed E-state index contributed by atoms with van der Waals surface area (Å²) in [6.45, 7) is 0.535. The van der Waals surface area contributed by atoms with Crippen LogP contribution in [-0.2, 0) is 38.6 Å². The summed E-state index contributed by atoms with van der Waals surface area (Å²) < 4.78 is 5.51. The number of esters is 1. The van der Waals surface area contributed by atoms with Crippen LogP contribution in [0.15, 0.2) is 84.9 Å². The SMILES string of the molecule is NCCCCC(NC(=O)C(Cc1ccccc1)NC(=O)C(N)Cc1cccc(C=O)c1)C(=O)OCc1ccccc1. The van der Waals surface area contributed by atoms with Gasteiger partial charge in [0, 0.05) is 12.0 Å². The molecule has 3 aromatic carbocycles. The first-order chi connectivity index (χ1) is 19.9. The lowest BCUT2D eigenvalue weighted by atomic mass is 10.0. The van der Waals surface area contributed by atoms with Gasteiger partial charge in [-0.1, -0.05) is 78.9 Å². The van der Waals surface area contributed by atoms with Crippen LogP contribution in [0.1, 0.15) is 46.3 Å². The molecule has 41 heavy (non-hydrogen) atoms. The van der Waals surface area contributed by atoms with Gasteiger partial charge in [0.15, 0.2) is 0 Å². The Morgan fingerprint density at radius 1 is 0.756 bits per heavy atom. The van der Waals surface area contributed by atoms with E-state index in [0.717, 1.165) is 23.0 Å². The molecule has 0 bridgehead atoms. The highest BCUT2D eigenvalue weighted by Gasteiger charge is 2.29. The first kappa shape index (κ1) is 31.2. The predicted octanol–water partition coefficient (Wildman–Crippen LogP) is 2.45. The third-order valence-electron chi connectivity index (χ3n) is 6.57. The molecule has 0 aromatic heterocycles. The number of benzene rings is 3. The number of aldehydes is 1. The van der Waals surface area contributed by atoms with Crippen LogP contribution in [0.4, 0.5) is 0 Å². The van der Waals surface area contributed by atoms with E-state index in [1.54, 1.807) is 24.3 Å². The Hall–Kier alpha value is -4.34. The highest BCUT2D eigenvalue weighted by Crippen LogP contribution is 2.10. The topological polar surface area (TPSA) is 154 Å². The van der Waals surface area contributed by atoms with Crippen molar-refractivity contribution in [2.24, 2.45) is 11.5 Å². The molecule has 216 valence electrons. The van der Waals surface area contributed by atoms with Crippen LogP contribution in [0.2, 0.25) is 0 Å². The largest absolute Gasteiger partial charge is 0.459 e. The molecule has 3 aromatic rings. The standard InChI is InChI=1S/C32H38N4O5/c33-17-8-7-16-28(32(40)41-22-24-12-5-2-6-13-24)35-31(39)29(20-23-10-3-1-4-11-23)36-30(38)27(34)19-25-14-9-15-26(18-25)21-37/h1-6,9-15,18,21,27-29H,7-8,16-17,19-20,22,33-34H2,(H,35,39)(H,36,38). The molecule has 0 saturated carbocycles. The van der Waals surface area contributed by atoms with Gasteiger partial charge in [0.25, 0.3) is 0 Å². The number of nitrogens with one attached hydrogen (secondary N) is 2. The highest BCUT2D eigenvalue weighted by atomic mass is 16.5. The van der Waals surface area contributed by atoms with Gasteiger partial charge in [-0.3, -0.25) is 14.4 Å². The molecule has 0 aliphatic rings. The minimum atomic E-state index is -0.990. The van der Waals surface area contributed by atoms with Crippen LogP contribution in [0.5, 0.6) is 0 Å². The summed E-state index contributed by atoms with van der Waals surface area (Å²) in [6.07, 6.45) is 2.74. The molecule has 0 heterocycles. The van der Waals surface area contributed by atoms with Gasteiger partial charge in [-0.25, -0.2) is 4.79 Å². The van der Waals surface area contributed by atoms with E-state index in [4.69, 9.17) is 16.2 Å². The molecule has 0 spiro atoms. The van der Waals surface area contributed by atoms with E-state index < -0.39 is 35.9 Å². The van der Waals surface area contributed by atoms with Gasteiger partial charge in [0.1, 0.15) is 25.0 Å². The fraction of sp³-hybridized carbons (Fsp3) is 0.312. The van der Waals surface area contributed by atoms with Crippen molar-refractivity contribution in [2.75, 3.05) is 6.54 Å². The van der Waals surface area contributed by atoms with Crippen LogP contribution in [-0.4, -0.2) is 48.7 Å². The van der Waals surface area contributed by atoms with Gasteiger partial charge in [-0.05, 0) is 55.0 Å². The van der Waals surface area contributed by atoms with Crippen molar-refractivity contribution in [1.29, 1.82) is 0 Å². The zero-order valence-electron chi connectivity index (χ0n) is 23.0. The number of carbonyl (C=O) groups excluding carboxylic acids is 4. The maximum atomic E-state index is 13.5. The van der Waals surface area contributed by atoms with E-state index in [1.165, 1.54) is 0 Å². The van der Waals surface area contributed by atoms with Crippen molar-refractivity contribution >= 4 is 24.1 Å². The van der Waals surface area contributed by atoms with Crippen LogP contribution < -0.4 is 22.1 Å². The number of amides is 2. The predicted molar refractivity (Wildman–Crippen MR) is 157 cm³/mol. The third-order valence-corrected chi connectivity index (χ3v) is 6.57. The monoisotopic (exact) mass is 558 g/mol. The maximum Gasteiger partial charge on any atom is 0.328 e. The van der Waals surface area contributed by atoms with E-state index >= 15 is 0 Å². The van der Waals surface area contributed by atoms with Crippen molar-refractivity contribution in [1.82, 2.24) is 10.6 Å². The Morgan fingerprint density at radius 3 is 2.05 bits per heavy atom. The molecule has 0 fully saturated rings. The van der Waals surface area contributed by atoms with E-state index in [-0.39, 0.29) is 19.4 Å². The van der Waals surface area contributed by atoms with E-state index in [1.807, 2.05) is 60.7 Å². The second-order valence-electron chi connectivity index (χ2n) is 9.86. The molecule has 9 nitrogen and oxygen atoms in total. The third kappa shape index (κ3) is 10.6. The fourth-order valence-corrected chi connectivity index (χ4v) is 4.32. The van der Waals surface area contributed by atoms with Crippen molar-refractivity contribution in [3.63, 3.8) is 0 Å². The van der Waals surface area contributed by atoms with Gasteiger partial charge in [0.05, 0.1) is 6.04 Å². The van der Waals surface area contributed by atoms with Crippen LogP contribution in [0.3, 0.4) is 0 Å². The number of hydrogen-bond acceptors (Lipinski definition) is 7. The molecule has 3 rings (SSSR count). The molecule has 3 atom stereocenters. The summed E-state index contributed by atoms with van der Waals surface area (Å²) in [7, 11) is 0. The molecule has 2 amide bonds. The molecule has 0 aliphatic carbocycles. The molecule has 3 unspecified atom stereocenters. The molecule has 9 heteroatoms. The van der Waals surface area contributed by atoms with Crippen molar-refractivity contribution in [2.45, 2.75) is 56.8 Å². The molecular formula is C32H38N4O5. The fourth-order valence-electron chi connectivity index (χ4n) is 4.32. The molecule has 0 radical (unpaired) electrons. The van der Waals surface area contributed by atoms with E-state index in [9.17, 15) is 19.2 Å². The first-order valence-electron chi connectivity index (χ1n) is 13.7. The lowest BCUT2D eigenvalue weighted by molar-refractivity contribution is -0.149. The molecular weight excluding hydrogens is 520 g/mol. The molecule has 0 aliphatic heterocycles. The van der Waals surface area contributed by atoms with Crippen LogP contribution in [0.25, 0.3) is 0 Å². The highest BCUT2D eigenvalue weighted by molar-refractivity contribution is 5.92. The van der Waals surface area contributed by atoms with Crippen LogP contribution in [0, 0.1) is 0 Å². The summed E-state index contributed by atoms with van der Waals surface area (Å²) in [4.78, 5) is 50.8. The van der Waals surface area contributed by atoms with Crippen LogP contribution >= 0.6 is 0 Å². The number of hydrogen-bond donors (Lipinski definition) is 4. The average Bonchev–Trinajstić information content (AvgIpc) is 3.00. The molecule has 0 saturated heterocycles. The Kier molecular flexibility index (Phi) is 12.7. The normalized spacial score (nSPS) is 12.9. The van der Waals surface area contributed by atoms with Gasteiger partial charge >= 0.3 is 5.97 Å². The first-order valence-corrected chi connectivity index (χ1v) is 13.7. The quantitative estimate of drug-likeness (QED) is 0.120. The Balaban J connectivity index is 1.72. The van der Waals surface area contributed by atoms with E-state index in [0.29, 0.717) is 31.4 Å². The van der Waals surface area contributed by atoms with Gasteiger partial charge in [-0.2, -0.15) is 0 Å². The number of unbranched alkanes of at least 4 members (excludes halogenated alkanes) is 1. The second kappa shape index (κ2) is 16.7. The minimum absolute atomic E-state index is 0.0767. The maximum absolute atomic E-state index is 13.5. The number of carbonyl (C=O) groups is 4. The lowest BCUT2D eigenvalue weighted by Crippen LogP contribution is -2.55. The average molecular weight is 559 g/mol. The zero-order chi connectivity index (χ0) is 29.5. The summed E-state index contributed by atoms with van der Waals surface area (Å²) in [5, 5.41) is 5.56. The smallest absolute Gasteiger partial charge is 0.328 e. The van der Waals surface area contributed by atoms with Crippen molar-refractivity contribution in [3.05, 3.63) is 107 Å². The lowest BCUT2D eigenvalue weighted by Gasteiger charge is -2.24. The number of rotatable bonds is 16. The second-order valence-corrected chi connectivity index (χ2v) is 9.86. The Bertz CT molecular complexity index is 1270. The number of nitrogens with two attached hydrogens (primary N) is 2. The summed E-state index contributed by atoms with van der Waals surface area (Å²) in [5.74, 6) is -1.61. The Morgan fingerprint density at radius 2 is 1.39 bits per heavy atom. The Labute approximate surface area is 240 Å². The number of ether oxygens (including phenoxy) is 1. The van der Waals surface area contributed by atoms with Crippen molar-refractivity contribution < 1.29 is 23.9 Å². The summed E-state index contributed by atoms with van der Waals surface area (Å²) in [5.41, 5.74) is 14.7. The van der Waals surface area contributed by atoms with E-state index in [2.05, 4.69) is 10.6 Å². The van der Waals surface area contributed by atoms with Gasteiger partial charge in [0.2, 0.25) is 11.8 Å². The zero-order valence-corrected chi connectivity index (χ0v) is 23.0. The van der Waals surface area contributed by atoms with Gasteiger partial charge in [-0.15, -0.1) is 0 Å². The van der Waals surface area contributed by atoms with Crippen molar-refractivity contribution in [3.8, 4) is 0 Å². The summed E-state index contributed by atoms with van der Waals surface area (Å²) >= 11 is 0. The molecule has 6 N–H and O–H groups in total. The minimum Gasteiger partial charge on any atom is -0.459 e.